The van der Waals surface area contributed by atoms with E-state index >= 15 is 0 Å². The van der Waals surface area contributed by atoms with Gasteiger partial charge in [0.1, 0.15) is 0 Å². The molecular weight excluding hydrogens is 380 g/mol. The minimum absolute atomic E-state index is 0.296. The van der Waals surface area contributed by atoms with E-state index in [1.165, 1.54) is 18.4 Å². The van der Waals surface area contributed by atoms with Crippen molar-refractivity contribution < 1.29 is 0 Å². The highest BCUT2D eigenvalue weighted by Crippen LogP contribution is 2.29. The van der Waals surface area contributed by atoms with E-state index in [0.717, 1.165) is 28.0 Å². The van der Waals surface area contributed by atoms with E-state index in [1.54, 1.807) is 0 Å². The van der Waals surface area contributed by atoms with Gasteiger partial charge in [-0.3, -0.25) is 4.90 Å². The van der Waals surface area contributed by atoms with Gasteiger partial charge in [0.2, 0.25) is 0 Å². The first-order valence-electron chi connectivity index (χ1n) is 7.46. The minimum Gasteiger partial charge on any atom is -0.329 e. The van der Waals surface area contributed by atoms with Gasteiger partial charge >= 0.3 is 0 Å². The molecule has 0 heterocycles. The number of rotatable bonds is 8. The van der Waals surface area contributed by atoms with Crippen molar-refractivity contribution >= 4 is 31.9 Å². The Hall–Kier alpha value is 0.1000. The molecule has 2 nitrogen and oxygen atoms in total. The molecule has 0 spiro atoms. The van der Waals surface area contributed by atoms with Crippen LogP contribution in [-0.4, -0.2) is 24.5 Å². The summed E-state index contributed by atoms with van der Waals surface area (Å²) in [6, 6.07) is 6.73. The van der Waals surface area contributed by atoms with E-state index in [1.807, 2.05) is 0 Å². The standard InChI is InChI=1S/C16H26Br2N2/c1-4-12(5-2)11-20(6-3)16(10-19)13-7-8-14(17)15(18)9-13/h7-9,12,16H,4-6,10-11,19H2,1-3H3. The molecule has 0 aliphatic heterocycles. The molecule has 0 aliphatic rings. The molecule has 0 radical (unpaired) electrons. The van der Waals surface area contributed by atoms with E-state index in [9.17, 15) is 0 Å². The molecule has 0 fully saturated rings. The average Bonchev–Trinajstić information content (AvgIpc) is 2.46. The van der Waals surface area contributed by atoms with Crippen LogP contribution < -0.4 is 5.73 Å². The zero-order valence-corrected chi connectivity index (χ0v) is 15.9. The second kappa shape index (κ2) is 9.19. The zero-order valence-electron chi connectivity index (χ0n) is 12.7. The summed E-state index contributed by atoms with van der Waals surface area (Å²) in [5.41, 5.74) is 7.35. The third-order valence-electron chi connectivity index (χ3n) is 4.05. The summed E-state index contributed by atoms with van der Waals surface area (Å²) in [5, 5.41) is 0. The lowest BCUT2D eigenvalue weighted by molar-refractivity contribution is 0.174. The minimum atomic E-state index is 0.296. The fourth-order valence-electron chi connectivity index (χ4n) is 2.57. The van der Waals surface area contributed by atoms with Gasteiger partial charge in [0.15, 0.2) is 0 Å². The SMILES string of the molecule is CCC(CC)CN(CC)C(CN)c1ccc(Br)c(Br)c1. The molecule has 0 aromatic heterocycles. The van der Waals surface area contributed by atoms with Crippen molar-refractivity contribution in [2.45, 2.75) is 39.7 Å². The van der Waals surface area contributed by atoms with Gasteiger partial charge < -0.3 is 5.73 Å². The molecule has 1 rings (SSSR count). The van der Waals surface area contributed by atoms with Gasteiger partial charge in [-0.1, -0.05) is 39.7 Å². The second-order valence-electron chi connectivity index (χ2n) is 5.20. The molecule has 1 aromatic rings. The zero-order chi connectivity index (χ0) is 15.1. The van der Waals surface area contributed by atoms with Crippen LogP contribution in [0, 0.1) is 5.92 Å². The third kappa shape index (κ3) is 4.83. The van der Waals surface area contributed by atoms with Crippen LogP contribution in [0.3, 0.4) is 0 Å². The van der Waals surface area contributed by atoms with Gasteiger partial charge in [0.05, 0.1) is 0 Å². The lowest BCUT2D eigenvalue weighted by Gasteiger charge is -2.33. The Kier molecular flexibility index (Phi) is 8.34. The van der Waals surface area contributed by atoms with E-state index in [-0.39, 0.29) is 0 Å². The number of nitrogens with two attached hydrogens (primary N) is 1. The fourth-order valence-corrected chi connectivity index (χ4v) is 3.21. The fraction of sp³-hybridized carbons (Fsp3) is 0.625. The maximum atomic E-state index is 6.06. The van der Waals surface area contributed by atoms with Crippen molar-refractivity contribution in [2.24, 2.45) is 11.7 Å². The van der Waals surface area contributed by atoms with Gasteiger partial charge in [-0.05, 0) is 62.0 Å². The van der Waals surface area contributed by atoms with E-state index < -0.39 is 0 Å². The van der Waals surface area contributed by atoms with Crippen molar-refractivity contribution in [1.82, 2.24) is 4.90 Å². The quantitative estimate of drug-likeness (QED) is 0.661. The second-order valence-corrected chi connectivity index (χ2v) is 6.90. The van der Waals surface area contributed by atoms with E-state index in [4.69, 9.17) is 5.73 Å². The van der Waals surface area contributed by atoms with Crippen LogP contribution in [0.25, 0.3) is 0 Å². The highest BCUT2D eigenvalue weighted by Gasteiger charge is 2.20. The van der Waals surface area contributed by atoms with Crippen molar-refractivity contribution in [3.8, 4) is 0 Å². The predicted molar refractivity (Wildman–Crippen MR) is 95.0 cm³/mol. The largest absolute Gasteiger partial charge is 0.329 e. The van der Waals surface area contributed by atoms with Crippen molar-refractivity contribution in [3.63, 3.8) is 0 Å². The van der Waals surface area contributed by atoms with Crippen LogP contribution in [-0.2, 0) is 0 Å². The summed E-state index contributed by atoms with van der Waals surface area (Å²) >= 11 is 7.11. The summed E-state index contributed by atoms with van der Waals surface area (Å²) in [5.74, 6) is 0.753. The Bertz CT molecular complexity index is 405. The normalized spacial score (nSPS) is 13.2. The molecule has 0 aliphatic carbocycles. The summed E-state index contributed by atoms with van der Waals surface area (Å²) < 4.78 is 2.17. The summed E-state index contributed by atoms with van der Waals surface area (Å²) in [4.78, 5) is 2.51. The average molecular weight is 406 g/mol. The molecule has 1 unspecified atom stereocenters. The molecule has 0 saturated heterocycles. The lowest BCUT2D eigenvalue weighted by atomic mass is 9.99. The van der Waals surface area contributed by atoms with Crippen LogP contribution in [0.5, 0.6) is 0 Å². The Morgan fingerprint density at radius 1 is 1.10 bits per heavy atom. The van der Waals surface area contributed by atoms with Crippen LogP contribution in [0.4, 0.5) is 0 Å². The Labute approximate surface area is 140 Å². The molecule has 0 amide bonds. The molecule has 2 N–H and O–H groups in total. The van der Waals surface area contributed by atoms with Crippen molar-refractivity contribution in [2.75, 3.05) is 19.6 Å². The smallest absolute Gasteiger partial charge is 0.0470 e. The van der Waals surface area contributed by atoms with Crippen LogP contribution in [0.15, 0.2) is 27.1 Å². The molecule has 0 saturated carbocycles. The first-order valence-corrected chi connectivity index (χ1v) is 9.04. The lowest BCUT2D eigenvalue weighted by Crippen LogP contribution is -2.37. The highest BCUT2D eigenvalue weighted by molar-refractivity contribution is 9.13. The number of hydrogen-bond donors (Lipinski definition) is 1. The van der Waals surface area contributed by atoms with Gasteiger partial charge in [-0.15, -0.1) is 0 Å². The van der Waals surface area contributed by atoms with Gasteiger partial charge in [-0.25, -0.2) is 0 Å². The maximum Gasteiger partial charge on any atom is 0.0470 e. The monoisotopic (exact) mass is 404 g/mol. The molecule has 1 aromatic carbocycles. The van der Waals surface area contributed by atoms with Crippen LogP contribution >= 0.6 is 31.9 Å². The van der Waals surface area contributed by atoms with Crippen molar-refractivity contribution in [1.29, 1.82) is 0 Å². The highest BCUT2D eigenvalue weighted by atomic mass is 79.9. The number of hydrogen-bond acceptors (Lipinski definition) is 2. The molecule has 0 bridgehead atoms. The molecule has 4 heteroatoms. The van der Waals surface area contributed by atoms with Gasteiger partial charge in [-0.2, -0.15) is 0 Å². The summed E-state index contributed by atoms with van der Waals surface area (Å²) in [6.45, 7) is 9.58. The number of benzene rings is 1. The van der Waals surface area contributed by atoms with Gasteiger partial charge in [0, 0.05) is 28.1 Å². The topological polar surface area (TPSA) is 29.3 Å². The Morgan fingerprint density at radius 3 is 2.20 bits per heavy atom. The molecular formula is C16H26Br2N2. The first kappa shape index (κ1) is 18.1. The molecule has 1 atom stereocenters. The maximum absolute atomic E-state index is 6.06. The summed E-state index contributed by atoms with van der Waals surface area (Å²) in [7, 11) is 0. The van der Waals surface area contributed by atoms with Crippen molar-refractivity contribution in [3.05, 3.63) is 32.7 Å². The number of halogens is 2. The van der Waals surface area contributed by atoms with E-state index in [2.05, 4.69) is 75.7 Å². The number of nitrogens with zero attached hydrogens (tertiary/aromatic N) is 1. The van der Waals surface area contributed by atoms with Gasteiger partial charge in [0.25, 0.3) is 0 Å². The Morgan fingerprint density at radius 2 is 1.75 bits per heavy atom. The van der Waals surface area contributed by atoms with Crippen LogP contribution in [0.1, 0.15) is 45.2 Å². The Balaban J connectivity index is 2.93. The predicted octanol–water partition coefficient (Wildman–Crippen LogP) is 4.97. The molecule has 20 heavy (non-hydrogen) atoms. The summed E-state index contributed by atoms with van der Waals surface area (Å²) in [6.07, 6.45) is 2.46. The van der Waals surface area contributed by atoms with E-state index in [0.29, 0.717) is 12.6 Å². The molecule has 114 valence electrons. The van der Waals surface area contributed by atoms with Crippen LogP contribution in [0.2, 0.25) is 0 Å². The third-order valence-corrected chi connectivity index (χ3v) is 5.93. The first-order chi connectivity index (χ1) is 9.57. The number of likely N-dealkylation sites (N-methyl/N-ethyl adjacent to an activating group) is 1.